The lowest BCUT2D eigenvalue weighted by Crippen LogP contribution is -2.03. The number of benzene rings is 3. The van der Waals surface area contributed by atoms with Crippen LogP contribution in [0.15, 0.2) is 78.9 Å². The highest BCUT2D eigenvalue weighted by molar-refractivity contribution is 5.48. The molecule has 3 rings (SSSR count). The molecule has 0 saturated heterocycles. The Bertz CT molecular complexity index is 789. The first-order valence-corrected chi connectivity index (χ1v) is 8.55. The summed E-state index contributed by atoms with van der Waals surface area (Å²) in [5, 5.41) is 3.24. The Morgan fingerprint density at radius 2 is 1.64 bits per heavy atom. The van der Waals surface area contributed by atoms with Crippen molar-refractivity contribution in [2.24, 2.45) is 0 Å². The molecule has 0 saturated carbocycles. The molecule has 0 bridgehead atoms. The van der Waals surface area contributed by atoms with Crippen molar-refractivity contribution in [3.63, 3.8) is 0 Å². The number of ether oxygens (including phenoxy) is 1. The number of anilines is 1. The monoisotopic (exact) mass is 335 g/mol. The number of halogens is 1. The minimum Gasteiger partial charge on any atom is -0.494 e. The van der Waals surface area contributed by atoms with Gasteiger partial charge < -0.3 is 10.1 Å². The number of hydrogen-bond acceptors (Lipinski definition) is 2. The number of nitrogens with one attached hydrogen (secondary N) is 1. The zero-order valence-corrected chi connectivity index (χ0v) is 14.1. The first-order valence-electron chi connectivity index (χ1n) is 8.55. The molecule has 3 heteroatoms. The van der Waals surface area contributed by atoms with E-state index >= 15 is 0 Å². The van der Waals surface area contributed by atoms with Crippen molar-refractivity contribution in [3.8, 4) is 5.75 Å². The zero-order valence-electron chi connectivity index (χ0n) is 14.1. The summed E-state index contributed by atoms with van der Waals surface area (Å²) in [6, 6.07) is 25.0. The summed E-state index contributed by atoms with van der Waals surface area (Å²) in [4.78, 5) is 0. The van der Waals surface area contributed by atoms with E-state index in [-0.39, 0.29) is 5.82 Å². The van der Waals surface area contributed by atoms with Gasteiger partial charge in [-0.15, -0.1) is 0 Å². The summed E-state index contributed by atoms with van der Waals surface area (Å²) in [5.74, 6) is 0.634. The van der Waals surface area contributed by atoms with E-state index in [4.69, 9.17) is 4.74 Å². The number of hydrogen-bond donors (Lipinski definition) is 1. The normalized spacial score (nSPS) is 10.4. The molecule has 3 aromatic rings. The van der Waals surface area contributed by atoms with Crippen molar-refractivity contribution >= 4 is 5.69 Å². The lowest BCUT2D eigenvalue weighted by Gasteiger charge is -2.10. The molecule has 0 aliphatic heterocycles. The van der Waals surface area contributed by atoms with Gasteiger partial charge in [-0.25, -0.2) is 4.39 Å². The third-order valence-corrected chi connectivity index (χ3v) is 4.00. The van der Waals surface area contributed by atoms with Crippen LogP contribution in [-0.2, 0) is 13.0 Å². The highest BCUT2D eigenvalue weighted by atomic mass is 19.1. The Labute approximate surface area is 148 Å². The van der Waals surface area contributed by atoms with Gasteiger partial charge in [0.15, 0.2) is 0 Å². The second kappa shape index (κ2) is 8.88. The summed E-state index contributed by atoms with van der Waals surface area (Å²) >= 11 is 0. The second-order valence-corrected chi connectivity index (χ2v) is 5.91. The van der Waals surface area contributed by atoms with Gasteiger partial charge in [0.2, 0.25) is 0 Å². The summed E-state index contributed by atoms with van der Waals surface area (Å²) in [7, 11) is 0. The zero-order chi connectivity index (χ0) is 17.3. The van der Waals surface area contributed by atoms with E-state index in [2.05, 4.69) is 29.6 Å². The molecule has 0 spiro atoms. The van der Waals surface area contributed by atoms with Crippen LogP contribution in [-0.4, -0.2) is 6.61 Å². The molecule has 128 valence electrons. The van der Waals surface area contributed by atoms with Gasteiger partial charge in [0.1, 0.15) is 11.6 Å². The molecular weight excluding hydrogens is 313 g/mol. The van der Waals surface area contributed by atoms with Crippen LogP contribution in [0.3, 0.4) is 0 Å². The standard InChI is InChI=1S/C22H22FNO/c23-22-14-5-4-11-19(22)17-24-20-12-6-13-21(16-20)25-15-7-10-18-8-2-1-3-9-18/h1-6,8-9,11-14,16,24H,7,10,15,17H2. The number of rotatable bonds is 8. The lowest BCUT2D eigenvalue weighted by atomic mass is 10.1. The Balaban J connectivity index is 1.47. The molecule has 0 fully saturated rings. The van der Waals surface area contributed by atoms with Crippen LogP contribution in [0.25, 0.3) is 0 Å². The van der Waals surface area contributed by atoms with Gasteiger partial charge in [-0.2, -0.15) is 0 Å². The summed E-state index contributed by atoms with van der Waals surface area (Å²) in [6.07, 6.45) is 1.98. The van der Waals surface area contributed by atoms with Gasteiger partial charge in [0.05, 0.1) is 6.61 Å². The van der Waals surface area contributed by atoms with Crippen molar-refractivity contribution < 1.29 is 9.13 Å². The molecule has 0 heterocycles. The third-order valence-electron chi connectivity index (χ3n) is 4.00. The highest BCUT2D eigenvalue weighted by Crippen LogP contribution is 2.19. The predicted octanol–water partition coefficient (Wildman–Crippen LogP) is 5.45. The SMILES string of the molecule is Fc1ccccc1CNc1cccc(OCCCc2ccccc2)c1. The minimum absolute atomic E-state index is 0.191. The van der Waals surface area contributed by atoms with E-state index in [0.717, 1.165) is 24.3 Å². The molecule has 25 heavy (non-hydrogen) atoms. The Morgan fingerprint density at radius 1 is 0.840 bits per heavy atom. The van der Waals surface area contributed by atoms with Gasteiger partial charge >= 0.3 is 0 Å². The van der Waals surface area contributed by atoms with E-state index in [0.29, 0.717) is 18.7 Å². The molecule has 1 N–H and O–H groups in total. The van der Waals surface area contributed by atoms with Crippen LogP contribution in [0, 0.1) is 5.82 Å². The van der Waals surface area contributed by atoms with Crippen molar-refractivity contribution in [3.05, 3.63) is 95.8 Å². The fourth-order valence-corrected chi connectivity index (χ4v) is 2.65. The van der Waals surface area contributed by atoms with Crippen LogP contribution in [0.2, 0.25) is 0 Å². The maximum atomic E-state index is 13.7. The van der Waals surface area contributed by atoms with Crippen molar-refractivity contribution in [1.29, 1.82) is 0 Å². The first kappa shape index (κ1) is 17.0. The van der Waals surface area contributed by atoms with E-state index in [1.807, 2.05) is 36.4 Å². The molecule has 0 aliphatic rings. The van der Waals surface area contributed by atoms with E-state index in [1.54, 1.807) is 12.1 Å². The maximum absolute atomic E-state index is 13.7. The summed E-state index contributed by atoms with van der Waals surface area (Å²) < 4.78 is 19.5. The Morgan fingerprint density at radius 3 is 2.48 bits per heavy atom. The van der Waals surface area contributed by atoms with Crippen LogP contribution >= 0.6 is 0 Å². The minimum atomic E-state index is -0.191. The Hall–Kier alpha value is -2.81. The fraction of sp³-hybridized carbons (Fsp3) is 0.182. The summed E-state index contributed by atoms with van der Waals surface area (Å²) in [6.45, 7) is 1.12. The molecule has 0 unspecified atom stereocenters. The molecule has 0 amide bonds. The van der Waals surface area contributed by atoms with E-state index in [9.17, 15) is 4.39 Å². The molecule has 3 aromatic carbocycles. The Kier molecular flexibility index (Phi) is 6.05. The van der Waals surface area contributed by atoms with E-state index < -0.39 is 0 Å². The van der Waals surface area contributed by atoms with Crippen LogP contribution in [0.5, 0.6) is 5.75 Å². The fourth-order valence-electron chi connectivity index (χ4n) is 2.65. The average Bonchev–Trinajstić information content (AvgIpc) is 2.66. The highest BCUT2D eigenvalue weighted by Gasteiger charge is 2.02. The van der Waals surface area contributed by atoms with Crippen molar-refractivity contribution in [2.45, 2.75) is 19.4 Å². The predicted molar refractivity (Wildman–Crippen MR) is 100 cm³/mol. The summed E-state index contributed by atoms with van der Waals surface area (Å²) in [5.41, 5.74) is 2.90. The van der Waals surface area contributed by atoms with Crippen molar-refractivity contribution in [1.82, 2.24) is 0 Å². The van der Waals surface area contributed by atoms with Gasteiger partial charge in [0, 0.05) is 23.9 Å². The molecule has 2 nitrogen and oxygen atoms in total. The average molecular weight is 335 g/mol. The van der Waals surface area contributed by atoms with Crippen molar-refractivity contribution in [2.75, 3.05) is 11.9 Å². The van der Waals surface area contributed by atoms with Gasteiger partial charge in [0.25, 0.3) is 0 Å². The smallest absolute Gasteiger partial charge is 0.128 e. The maximum Gasteiger partial charge on any atom is 0.128 e. The quantitative estimate of drug-likeness (QED) is 0.553. The molecule has 0 atom stereocenters. The first-order chi connectivity index (χ1) is 12.3. The molecule has 0 aliphatic carbocycles. The molecule has 0 radical (unpaired) electrons. The topological polar surface area (TPSA) is 21.3 Å². The lowest BCUT2D eigenvalue weighted by molar-refractivity contribution is 0.311. The molecular formula is C22H22FNO. The van der Waals surface area contributed by atoms with Gasteiger partial charge in [-0.3, -0.25) is 0 Å². The third kappa shape index (κ3) is 5.35. The van der Waals surface area contributed by atoms with E-state index in [1.165, 1.54) is 11.6 Å². The number of aryl methyl sites for hydroxylation is 1. The second-order valence-electron chi connectivity index (χ2n) is 5.91. The largest absolute Gasteiger partial charge is 0.494 e. The van der Waals surface area contributed by atoms with Crippen LogP contribution < -0.4 is 10.1 Å². The van der Waals surface area contributed by atoms with Gasteiger partial charge in [-0.1, -0.05) is 54.6 Å². The van der Waals surface area contributed by atoms with Crippen LogP contribution in [0.4, 0.5) is 10.1 Å². The molecule has 0 aromatic heterocycles. The van der Waals surface area contributed by atoms with Crippen LogP contribution in [0.1, 0.15) is 17.5 Å². The van der Waals surface area contributed by atoms with Gasteiger partial charge in [-0.05, 0) is 36.6 Å².